The Morgan fingerprint density at radius 2 is 1.89 bits per heavy atom. The first-order valence-electron chi connectivity index (χ1n) is 5.18. The number of aromatic nitrogens is 2. The van der Waals surface area contributed by atoms with Crippen LogP contribution < -0.4 is 10.1 Å². The van der Waals surface area contributed by atoms with Gasteiger partial charge in [0.05, 0.1) is 0 Å². The molecule has 0 aliphatic rings. The number of carbonyl (C=O) groups excluding carboxylic acids is 1. The largest absolute Gasteiger partial charge is 0.424 e. The van der Waals surface area contributed by atoms with E-state index in [1.54, 1.807) is 42.7 Å². The second-order valence-corrected chi connectivity index (χ2v) is 3.61. The lowest BCUT2D eigenvalue weighted by Crippen LogP contribution is -2.12. The summed E-state index contributed by atoms with van der Waals surface area (Å²) in [5.41, 5.74) is 0.655. The average Bonchev–Trinajstić information content (AvgIpc) is 2.42. The van der Waals surface area contributed by atoms with Crippen molar-refractivity contribution in [2.45, 2.75) is 0 Å². The minimum Gasteiger partial charge on any atom is -0.424 e. The van der Waals surface area contributed by atoms with Gasteiger partial charge in [-0.1, -0.05) is 0 Å². The fourth-order valence-electron chi connectivity index (χ4n) is 1.24. The van der Waals surface area contributed by atoms with Crippen LogP contribution in [0.2, 0.25) is 0 Å². The Bertz CT molecular complexity index is 517. The fourth-order valence-corrected chi connectivity index (χ4v) is 1.31. The normalized spacial score (nSPS) is 9.83. The molecule has 0 bridgehead atoms. The maximum absolute atomic E-state index is 11.1. The first-order valence-corrected chi connectivity index (χ1v) is 5.72. The lowest BCUT2D eigenvalue weighted by atomic mass is 10.3. The van der Waals surface area contributed by atoms with Crippen molar-refractivity contribution in [2.75, 3.05) is 11.2 Å². The van der Waals surface area contributed by atoms with E-state index in [2.05, 4.69) is 15.3 Å². The van der Waals surface area contributed by atoms with Crippen LogP contribution >= 0.6 is 11.6 Å². The van der Waals surface area contributed by atoms with Gasteiger partial charge in [-0.05, 0) is 30.3 Å². The Morgan fingerprint density at radius 1 is 1.22 bits per heavy atom. The zero-order valence-corrected chi connectivity index (χ0v) is 10.1. The Kier molecular flexibility index (Phi) is 4.09. The summed E-state index contributed by atoms with van der Waals surface area (Å²) < 4.78 is 5.40. The summed E-state index contributed by atoms with van der Waals surface area (Å²) >= 11 is 5.39. The monoisotopic (exact) mass is 263 g/mol. The van der Waals surface area contributed by atoms with E-state index in [0.29, 0.717) is 11.4 Å². The number of amides is 1. The second-order valence-electron chi connectivity index (χ2n) is 3.34. The van der Waals surface area contributed by atoms with Crippen molar-refractivity contribution in [3.05, 3.63) is 42.7 Å². The molecular weight excluding hydrogens is 254 g/mol. The maximum atomic E-state index is 11.1. The Hall–Kier alpha value is -2.14. The van der Waals surface area contributed by atoms with Crippen LogP contribution in [-0.2, 0) is 4.79 Å². The van der Waals surface area contributed by atoms with E-state index >= 15 is 0 Å². The summed E-state index contributed by atoms with van der Waals surface area (Å²) in [5, 5.41) is 2.62. The molecule has 0 saturated heterocycles. The van der Waals surface area contributed by atoms with Gasteiger partial charge in [0.25, 0.3) is 0 Å². The number of halogens is 1. The quantitative estimate of drug-likeness (QED) is 0.861. The van der Waals surface area contributed by atoms with Gasteiger partial charge < -0.3 is 10.1 Å². The zero-order valence-electron chi connectivity index (χ0n) is 9.34. The maximum Gasteiger partial charge on any atom is 0.321 e. The summed E-state index contributed by atoms with van der Waals surface area (Å²) in [7, 11) is 0. The van der Waals surface area contributed by atoms with Crippen LogP contribution in [0.15, 0.2) is 42.7 Å². The van der Waals surface area contributed by atoms with E-state index in [4.69, 9.17) is 16.3 Å². The van der Waals surface area contributed by atoms with Gasteiger partial charge in [-0.2, -0.15) is 0 Å². The van der Waals surface area contributed by atoms with Gasteiger partial charge in [0.1, 0.15) is 11.6 Å². The highest BCUT2D eigenvalue weighted by atomic mass is 35.5. The number of hydrogen-bond acceptors (Lipinski definition) is 4. The van der Waals surface area contributed by atoms with Crippen LogP contribution in [0.25, 0.3) is 0 Å². The molecular formula is C12H10ClN3O2. The number of nitrogens with one attached hydrogen (secondary N) is 1. The van der Waals surface area contributed by atoms with Crippen LogP contribution in [-0.4, -0.2) is 21.8 Å². The molecule has 0 radical (unpaired) electrons. The van der Waals surface area contributed by atoms with E-state index in [1.165, 1.54) is 0 Å². The fraction of sp³-hybridized carbons (Fsp3) is 0.0833. The molecule has 0 aliphatic heterocycles. The molecule has 0 atom stereocenters. The molecule has 6 heteroatoms. The third-order valence-electron chi connectivity index (χ3n) is 2.01. The first-order chi connectivity index (χ1) is 8.78. The standard InChI is InChI=1S/C12H10ClN3O2/c13-8-11(17)16-9-2-4-10(5-3-9)18-12-14-6-1-7-15-12/h1-7H,8H2,(H,16,17). The Labute approximate surface area is 109 Å². The van der Waals surface area contributed by atoms with Gasteiger partial charge in [-0.15, -0.1) is 11.6 Å². The van der Waals surface area contributed by atoms with Gasteiger partial charge in [0.2, 0.25) is 5.91 Å². The molecule has 0 unspecified atom stereocenters. The minimum absolute atomic E-state index is 0.0733. The summed E-state index contributed by atoms with van der Waals surface area (Å²) in [6.45, 7) is 0. The molecule has 1 N–H and O–H groups in total. The molecule has 1 amide bonds. The molecule has 0 aliphatic carbocycles. The molecule has 5 nitrogen and oxygen atoms in total. The van der Waals surface area contributed by atoms with Crippen molar-refractivity contribution in [2.24, 2.45) is 0 Å². The number of carbonyl (C=O) groups is 1. The van der Waals surface area contributed by atoms with Crippen LogP contribution in [0.1, 0.15) is 0 Å². The van der Waals surface area contributed by atoms with Crippen molar-refractivity contribution in [3.63, 3.8) is 0 Å². The molecule has 0 saturated carbocycles. The molecule has 1 aromatic heterocycles. The number of nitrogens with zero attached hydrogens (tertiary/aromatic N) is 2. The highest BCUT2D eigenvalue weighted by molar-refractivity contribution is 6.29. The van der Waals surface area contributed by atoms with Crippen LogP contribution in [0.3, 0.4) is 0 Å². The minimum atomic E-state index is -0.253. The molecule has 0 fully saturated rings. The molecule has 18 heavy (non-hydrogen) atoms. The lowest BCUT2D eigenvalue weighted by Gasteiger charge is -2.05. The summed E-state index contributed by atoms with van der Waals surface area (Å²) in [4.78, 5) is 18.9. The molecule has 1 heterocycles. The van der Waals surface area contributed by atoms with Gasteiger partial charge >= 0.3 is 6.01 Å². The number of anilines is 1. The topological polar surface area (TPSA) is 64.1 Å². The van der Waals surface area contributed by atoms with Crippen molar-refractivity contribution in [1.82, 2.24) is 9.97 Å². The smallest absolute Gasteiger partial charge is 0.321 e. The predicted molar refractivity (Wildman–Crippen MR) is 67.9 cm³/mol. The number of hydrogen-bond donors (Lipinski definition) is 1. The van der Waals surface area contributed by atoms with Crippen molar-refractivity contribution in [1.29, 1.82) is 0 Å². The van der Waals surface area contributed by atoms with E-state index in [9.17, 15) is 4.79 Å². The van der Waals surface area contributed by atoms with Gasteiger partial charge in [0.15, 0.2) is 0 Å². The molecule has 2 rings (SSSR count). The predicted octanol–water partition coefficient (Wildman–Crippen LogP) is 2.45. The number of ether oxygens (including phenoxy) is 1. The number of rotatable bonds is 4. The number of benzene rings is 1. The third-order valence-corrected chi connectivity index (χ3v) is 2.25. The molecule has 92 valence electrons. The van der Waals surface area contributed by atoms with Crippen molar-refractivity contribution in [3.8, 4) is 11.8 Å². The number of alkyl halides is 1. The molecule has 1 aromatic carbocycles. The van der Waals surface area contributed by atoms with Crippen LogP contribution in [0.4, 0.5) is 5.69 Å². The van der Waals surface area contributed by atoms with E-state index in [0.717, 1.165) is 0 Å². The Balaban J connectivity index is 2.02. The van der Waals surface area contributed by atoms with Gasteiger partial charge in [-0.25, -0.2) is 9.97 Å². The SMILES string of the molecule is O=C(CCl)Nc1ccc(Oc2ncccn2)cc1. The third kappa shape index (κ3) is 3.43. The Morgan fingerprint density at radius 3 is 2.50 bits per heavy atom. The summed E-state index contributed by atoms with van der Waals surface area (Å²) in [6.07, 6.45) is 3.19. The van der Waals surface area contributed by atoms with E-state index in [-0.39, 0.29) is 17.8 Å². The van der Waals surface area contributed by atoms with Crippen LogP contribution in [0, 0.1) is 0 Å². The first kappa shape index (κ1) is 12.3. The van der Waals surface area contributed by atoms with Crippen molar-refractivity contribution < 1.29 is 9.53 Å². The lowest BCUT2D eigenvalue weighted by molar-refractivity contribution is -0.113. The molecule has 0 spiro atoms. The van der Waals surface area contributed by atoms with Crippen LogP contribution in [0.5, 0.6) is 11.8 Å². The van der Waals surface area contributed by atoms with E-state index < -0.39 is 0 Å². The second kappa shape index (κ2) is 5.97. The summed E-state index contributed by atoms with van der Waals surface area (Å²) in [6, 6.07) is 8.82. The van der Waals surface area contributed by atoms with Crippen molar-refractivity contribution >= 4 is 23.2 Å². The average molecular weight is 264 g/mol. The highest BCUT2D eigenvalue weighted by Gasteiger charge is 2.02. The highest BCUT2D eigenvalue weighted by Crippen LogP contribution is 2.19. The summed E-state index contributed by atoms with van der Waals surface area (Å²) in [5.74, 6) is 0.262. The zero-order chi connectivity index (χ0) is 12.8. The van der Waals surface area contributed by atoms with Gasteiger partial charge in [0, 0.05) is 18.1 Å². The van der Waals surface area contributed by atoms with Gasteiger partial charge in [-0.3, -0.25) is 4.79 Å². The van der Waals surface area contributed by atoms with E-state index in [1.807, 2.05) is 0 Å². The molecule has 2 aromatic rings.